The standard InChI is InChI=1S/C27H24N2O6/c1-32-10-9-28-25(30)18-6-4-5-17(11-18)14-29-21-8-3-2-7-19(21)27(26(29)31)15-33-22-13-24-23(12-20(22)27)34-16-35-24/h2-8,11-13H,9-10,14-16H2,1H3,(H,28,30). The van der Waals surface area contributed by atoms with Crippen LogP contribution in [0.15, 0.2) is 60.7 Å². The van der Waals surface area contributed by atoms with Gasteiger partial charge in [0, 0.05) is 36.5 Å². The minimum Gasteiger partial charge on any atom is -0.491 e. The fraction of sp³-hybridized carbons (Fsp3) is 0.259. The summed E-state index contributed by atoms with van der Waals surface area (Å²) in [6.07, 6.45) is 0. The minimum absolute atomic E-state index is 0.0636. The van der Waals surface area contributed by atoms with E-state index in [9.17, 15) is 9.59 Å². The van der Waals surface area contributed by atoms with Gasteiger partial charge in [-0.25, -0.2) is 0 Å². The van der Waals surface area contributed by atoms with Crippen molar-refractivity contribution in [3.63, 3.8) is 0 Å². The lowest BCUT2D eigenvalue weighted by Gasteiger charge is -2.23. The summed E-state index contributed by atoms with van der Waals surface area (Å²) in [7, 11) is 1.59. The molecule has 0 aromatic heterocycles. The van der Waals surface area contributed by atoms with Crippen LogP contribution in [0.3, 0.4) is 0 Å². The Morgan fingerprint density at radius 1 is 1.00 bits per heavy atom. The van der Waals surface area contributed by atoms with Crippen LogP contribution in [0, 0.1) is 0 Å². The van der Waals surface area contributed by atoms with Crippen LogP contribution in [-0.2, 0) is 21.5 Å². The van der Waals surface area contributed by atoms with Gasteiger partial charge in [0.05, 0.1) is 13.2 Å². The van der Waals surface area contributed by atoms with E-state index < -0.39 is 5.41 Å². The number of hydrogen-bond acceptors (Lipinski definition) is 6. The SMILES string of the molecule is COCCNC(=O)c1cccc(CN2C(=O)C3(COc4cc5c(cc43)OCO5)c3ccccc32)c1. The number of fused-ring (bicyclic) bond motifs is 5. The maximum atomic E-state index is 14.1. The van der Waals surface area contributed by atoms with Crippen LogP contribution in [0.4, 0.5) is 5.69 Å². The van der Waals surface area contributed by atoms with E-state index >= 15 is 0 Å². The predicted octanol–water partition coefficient (Wildman–Crippen LogP) is 3.02. The van der Waals surface area contributed by atoms with Gasteiger partial charge in [0.25, 0.3) is 5.91 Å². The van der Waals surface area contributed by atoms with Crippen molar-refractivity contribution in [3.05, 3.63) is 82.9 Å². The van der Waals surface area contributed by atoms with Gasteiger partial charge in [-0.15, -0.1) is 0 Å². The Balaban J connectivity index is 1.34. The van der Waals surface area contributed by atoms with E-state index in [1.807, 2.05) is 48.5 Å². The number of hydrogen-bond donors (Lipinski definition) is 1. The summed E-state index contributed by atoms with van der Waals surface area (Å²) in [6, 6.07) is 18.8. The lowest BCUT2D eigenvalue weighted by atomic mass is 9.77. The predicted molar refractivity (Wildman–Crippen MR) is 127 cm³/mol. The highest BCUT2D eigenvalue weighted by Crippen LogP contribution is 2.55. The zero-order chi connectivity index (χ0) is 24.0. The van der Waals surface area contributed by atoms with Gasteiger partial charge < -0.3 is 29.2 Å². The average molecular weight is 472 g/mol. The minimum atomic E-state index is -0.956. The molecule has 35 heavy (non-hydrogen) atoms. The number of ether oxygens (including phenoxy) is 4. The highest BCUT2D eigenvalue weighted by Gasteiger charge is 2.57. The Morgan fingerprint density at radius 3 is 2.69 bits per heavy atom. The number of carbonyl (C=O) groups is 2. The summed E-state index contributed by atoms with van der Waals surface area (Å²) in [5.74, 6) is 1.63. The van der Waals surface area contributed by atoms with Crippen molar-refractivity contribution in [2.75, 3.05) is 38.6 Å². The molecule has 0 bridgehead atoms. The Labute approximate surface area is 202 Å². The molecule has 6 rings (SSSR count). The van der Waals surface area contributed by atoms with Crippen LogP contribution < -0.4 is 24.4 Å². The van der Waals surface area contributed by atoms with E-state index in [-0.39, 0.29) is 25.2 Å². The Bertz CT molecular complexity index is 1340. The molecule has 1 N–H and O–H groups in total. The molecular weight excluding hydrogens is 448 g/mol. The van der Waals surface area contributed by atoms with E-state index in [4.69, 9.17) is 18.9 Å². The lowest BCUT2D eigenvalue weighted by molar-refractivity contribution is -0.122. The van der Waals surface area contributed by atoms with Gasteiger partial charge in [-0.3, -0.25) is 9.59 Å². The quantitative estimate of drug-likeness (QED) is 0.555. The normalized spacial score (nSPS) is 19.0. The number of carbonyl (C=O) groups excluding carboxylic acids is 2. The molecule has 0 saturated heterocycles. The topological polar surface area (TPSA) is 86.3 Å². The molecule has 1 unspecified atom stereocenters. The largest absolute Gasteiger partial charge is 0.491 e. The molecule has 0 aliphatic carbocycles. The van der Waals surface area contributed by atoms with Crippen molar-refractivity contribution in [2.24, 2.45) is 0 Å². The molecule has 3 aromatic rings. The van der Waals surface area contributed by atoms with Crippen molar-refractivity contribution in [1.29, 1.82) is 0 Å². The fourth-order valence-electron chi connectivity index (χ4n) is 5.08. The second kappa shape index (κ2) is 8.32. The highest BCUT2D eigenvalue weighted by atomic mass is 16.7. The van der Waals surface area contributed by atoms with E-state index in [0.717, 1.165) is 22.4 Å². The summed E-state index contributed by atoms with van der Waals surface area (Å²) in [5, 5.41) is 2.83. The molecule has 0 radical (unpaired) electrons. The van der Waals surface area contributed by atoms with Gasteiger partial charge in [0.2, 0.25) is 12.7 Å². The lowest BCUT2D eigenvalue weighted by Crippen LogP contribution is -2.42. The fourth-order valence-corrected chi connectivity index (χ4v) is 5.08. The summed E-state index contributed by atoms with van der Waals surface area (Å²) < 4.78 is 22.1. The molecule has 1 spiro atoms. The molecule has 0 fully saturated rings. The molecule has 3 aliphatic heterocycles. The summed E-state index contributed by atoms with van der Waals surface area (Å²) in [6.45, 7) is 1.56. The second-order valence-corrected chi connectivity index (χ2v) is 8.75. The maximum absolute atomic E-state index is 14.1. The van der Waals surface area contributed by atoms with Crippen molar-refractivity contribution in [1.82, 2.24) is 5.32 Å². The molecular formula is C27H24N2O6. The van der Waals surface area contributed by atoms with Crippen LogP contribution in [0.1, 0.15) is 27.0 Å². The van der Waals surface area contributed by atoms with Crippen LogP contribution in [0.5, 0.6) is 17.2 Å². The third-order valence-electron chi connectivity index (χ3n) is 6.77. The van der Waals surface area contributed by atoms with E-state index in [0.29, 0.717) is 42.5 Å². The second-order valence-electron chi connectivity index (χ2n) is 8.75. The van der Waals surface area contributed by atoms with Crippen LogP contribution >= 0.6 is 0 Å². The molecule has 2 amide bonds. The average Bonchev–Trinajstić information content (AvgIpc) is 3.56. The van der Waals surface area contributed by atoms with Gasteiger partial charge in [-0.1, -0.05) is 30.3 Å². The molecule has 178 valence electrons. The van der Waals surface area contributed by atoms with E-state index in [1.54, 1.807) is 24.1 Å². The van der Waals surface area contributed by atoms with Crippen molar-refractivity contribution < 1.29 is 28.5 Å². The summed E-state index contributed by atoms with van der Waals surface area (Å²) in [4.78, 5) is 28.4. The first-order valence-corrected chi connectivity index (χ1v) is 11.5. The van der Waals surface area contributed by atoms with Gasteiger partial charge >= 0.3 is 0 Å². The maximum Gasteiger partial charge on any atom is 0.251 e. The van der Waals surface area contributed by atoms with Crippen molar-refractivity contribution >= 4 is 17.5 Å². The first kappa shape index (κ1) is 21.5. The molecule has 8 heteroatoms. The Kier molecular flexibility index (Phi) is 5.11. The molecule has 3 aromatic carbocycles. The van der Waals surface area contributed by atoms with Gasteiger partial charge in [0.1, 0.15) is 17.8 Å². The molecule has 3 heterocycles. The number of anilines is 1. The number of methoxy groups -OCH3 is 1. The number of para-hydroxylation sites is 1. The molecule has 3 aliphatic rings. The van der Waals surface area contributed by atoms with Crippen LogP contribution in [0.25, 0.3) is 0 Å². The number of rotatable bonds is 6. The van der Waals surface area contributed by atoms with Crippen LogP contribution in [-0.4, -0.2) is 45.5 Å². The monoisotopic (exact) mass is 472 g/mol. The zero-order valence-electron chi connectivity index (χ0n) is 19.2. The third kappa shape index (κ3) is 3.32. The van der Waals surface area contributed by atoms with Crippen molar-refractivity contribution in [3.8, 4) is 17.2 Å². The first-order valence-electron chi connectivity index (χ1n) is 11.5. The molecule has 8 nitrogen and oxygen atoms in total. The number of benzene rings is 3. The highest BCUT2D eigenvalue weighted by molar-refractivity contribution is 6.11. The molecule has 0 saturated carbocycles. The zero-order valence-corrected chi connectivity index (χ0v) is 19.2. The summed E-state index contributed by atoms with van der Waals surface area (Å²) in [5.41, 5.74) is 2.96. The Hall–Kier alpha value is -4.04. The molecule has 1 atom stereocenters. The number of amides is 2. The number of nitrogens with one attached hydrogen (secondary N) is 1. The Morgan fingerprint density at radius 2 is 1.83 bits per heavy atom. The van der Waals surface area contributed by atoms with Crippen LogP contribution in [0.2, 0.25) is 0 Å². The van der Waals surface area contributed by atoms with Gasteiger partial charge in [-0.05, 0) is 35.4 Å². The third-order valence-corrected chi connectivity index (χ3v) is 6.77. The van der Waals surface area contributed by atoms with E-state index in [2.05, 4.69) is 5.32 Å². The van der Waals surface area contributed by atoms with E-state index in [1.165, 1.54) is 0 Å². The van der Waals surface area contributed by atoms with Crippen molar-refractivity contribution in [2.45, 2.75) is 12.0 Å². The van der Waals surface area contributed by atoms with Gasteiger partial charge in [-0.2, -0.15) is 0 Å². The summed E-state index contributed by atoms with van der Waals surface area (Å²) >= 11 is 0. The van der Waals surface area contributed by atoms with Gasteiger partial charge in [0.15, 0.2) is 11.5 Å². The first-order chi connectivity index (χ1) is 17.1. The smallest absolute Gasteiger partial charge is 0.251 e. The number of nitrogens with zero attached hydrogens (tertiary/aromatic N) is 1.